The summed E-state index contributed by atoms with van der Waals surface area (Å²) in [6.07, 6.45) is 1.07. The number of alkyl halides is 2. The molecule has 1 aliphatic rings. The van der Waals surface area contributed by atoms with Crippen LogP contribution in [0.4, 0.5) is 8.78 Å². The van der Waals surface area contributed by atoms with Gasteiger partial charge in [-0.3, -0.25) is 4.90 Å². The van der Waals surface area contributed by atoms with Crippen molar-refractivity contribution in [2.75, 3.05) is 32.7 Å². The van der Waals surface area contributed by atoms with Crippen LogP contribution in [-0.4, -0.2) is 43.5 Å². The maximum atomic E-state index is 13.0. The molecule has 72 valence electrons. The molecule has 1 fully saturated rings. The number of nitrogens with one attached hydrogen (secondary N) is 1. The molecule has 0 unspecified atom stereocenters. The lowest BCUT2D eigenvalue weighted by Crippen LogP contribution is -2.48. The minimum absolute atomic E-state index is 0.0833. The number of rotatable bonds is 5. The average Bonchev–Trinajstić information content (AvgIpc) is 1.94. The van der Waals surface area contributed by atoms with E-state index in [0.29, 0.717) is 6.54 Å². The van der Waals surface area contributed by atoms with Crippen LogP contribution in [0.3, 0.4) is 0 Å². The number of nitrogens with zero attached hydrogens (tertiary/aromatic N) is 1. The monoisotopic (exact) mass is 178 g/mol. The van der Waals surface area contributed by atoms with E-state index in [1.807, 2.05) is 6.92 Å². The average molecular weight is 178 g/mol. The van der Waals surface area contributed by atoms with Crippen molar-refractivity contribution < 1.29 is 8.78 Å². The van der Waals surface area contributed by atoms with E-state index < -0.39 is 5.92 Å². The third-order valence-corrected chi connectivity index (χ3v) is 2.04. The second-order valence-electron chi connectivity index (χ2n) is 3.27. The van der Waals surface area contributed by atoms with Crippen LogP contribution in [-0.2, 0) is 0 Å². The SMILES string of the molecule is CCNCC(F)(F)CN1CCC1. The Balaban J connectivity index is 2.16. The molecule has 0 aromatic carbocycles. The van der Waals surface area contributed by atoms with Crippen LogP contribution in [0, 0.1) is 0 Å². The van der Waals surface area contributed by atoms with Crippen molar-refractivity contribution in [2.24, 2.45) is 0 Å². The maximum Gasteiger partial charge on any atom is 0.272 e. The summed E-state index contributed by atoms with van der Waals surface area (Å²) in [4.78, 5) is 1.79. The fraction of sp³-hybridized carbons (Fsp3) is 1.00. The van der Waals surface area contributed by atoms with Crippen LogP contribution < -0.4 is 5.32 Å². The zero-order valence-corrected chi connectivity index (χ0v) is 7.45. The zero-order valence-electron chi connectivity index (χ0n) is 7.45. The van der Waals surface area contributed by atoms with Crippen molar-refractivity contribution in [3.05, 3.63) is 0 Å². The number of hydrogen-bond donors (Lipinski definition) is 1. The van der Waals surface area contributed by atoms with Crippen LogP contribution in [0.5, 0.6) is 0 Å². The first-order chi connectivity index (χ1) is 5.64. The molecule has 0 spiro atoms. The number of hydrogen-bond acceptors (Lipinski definition) is 2. The van der Waals surface area contributed by atoms with Crippen molar-refractivity contribution >= 4 is 0 Å². The molecule has 0 atom stereocenters. The van der Waals surface area contributed by atoms with E-state index in [9.17, 15) is 8.78 Å². The van der Waals surface area contributed by atoms with Crippen LogP contribution >= 0.6 is 0 Å². The standard InChI is InChI=1S/C8H16F2N2/c1-2-11-6-8(9,10)7-12-4-3-5-12/h11H,2-7H2,1H3. The quantitative estimate of drug-likeness (QED) is 0.674. The van der Waals surface area contributed by atoms with E-state index >= 15 is 0 Å². The molecule has 12 heavy (non-hydrogen) atoms. The summed E-state index contributed by atoms with van der Waals surface area (Å²) in [5, 5.41) is 2.67. The number of halogens is 2. The topological polar surface area (TPSA) is 15.3 Å². The summed E-state index contributed by atoms with van der Waals surface area (Å²) in [7, 11) is 0. The van der Waals surface area contributed by atoms with Crippen LogP contribution in [0.15, 0.2) is 0 Å². The van der Waals surface area contributed by atoms with Crippen molar-refractivity contribution in [3.8, 4) is 0 Å². The van der Waals surface area contributed by atoms with E-state index in [1.54, 1.807) is 4.90 Å². The summed E-state index contributed by atoms with van der Waals surface area (Å²) >= 11 is 0. The fourth-order valence-corrected chi connectivity index (χ4v) is 1.23. The van der Waals surface area contributed by atoms with Gasteiger partial charge in [-0.1, -0.05) is 6.92 Å². The highest BCUT2D eigenvalue weighted by Gasteiger charge is 2.32. The second kappa shape index (κ2) is 4.14. The van der Waals surface area contributed by atoms with Crippen molar-refractivity contribution in [2.45, 2.75) is 19.3 Å². The third kappa shape index (κ3) is 3.03. The Labute approximate surface area is 71.9 Å². The summed E-state index contributed by atoms with van der Waals surface area (Å²) < 4.78 is 26.0. The molecule has 1 N–H and O–H groups in total. The van der Waals surface area contributed by atoms with E-state index in [2.05, 4.69) is 5.32 Å². The lowest BCUT2D eigenvalue weighted by molar-refractivity contribution is -0.0439. The summed E-state index contributed by atoms with van der Waals surface area (Å²) in [5.41, 5.74) is 0. The molecule has 2 nitrogen and oxygen atoms in total. The van der Waals surface area contributed by atoms with Gasteiger partial charge in [-0.2, -0.15) is 0 Å². The Bertz CT molecular complexity index is 135. The molecule has 0 bridgehead atoms. The molecule has 0 saturated carbocycles. The summed E-state index contributed by atoms with van der Waals surface area (Å²) in [5.74, 6) is -2.56. The highest BCUT2D eigenvalue weighted by Crippen LogP contribution is 2.17. The molecular weight excluding hydrogens is 162 g/mol. The van der Waals surface area contributed by atoms with Crippen molar-refractivity contribution in [1.82, 2.24) is 10.2 Å². The van der Waals surface area contributed by atoms with Crippen molar-refractivity contribution in [3.63, 3.8) is 0 Å². The first-order valence-corrected chi connectivity index (χ1v) is 4.45. The third-order valence-electron chi connectivity index (χ3n) is 2.04. The molecular formula is C8H16F2N2. The first-order valence-electron chi connectivity index (χ1n) is 4.45. The Morgan fingerprint density at radius 1 is 1.42 bits per heavy atom. The number of likely N-dealkylation sites (tertiary alicyclic amines) is 1. The smallest absolute Gasteiger partial charge is 0.272 e. The van der Waals surface area contributed by atoms with Crippen molar-refractivity contribution in [1.29, 1.82) is 0 Å². The second-order valence-corrected chi connectivity index (χ2v) is 3.27. The molecule has 1 saturated heterocycles. The van der Waals surface area contributed by atoms with Gasteiger partial charge in [0.25, 0.3) is 5.92 Å². The van der Waals surface area contributed by atoms with Gasteiger partial charge in [-0.15, -0.1) is 0 Å². The van der Waals surface area contributed by atoms with E-state index in [0.717, 1.165) is 19.5 Å². The van der Waals surface area contributed by atoms with Gasteiger partial charge in [0, 0.05) is 0 Å². The molecule has 0 aromatic rings. The van der Waals surface area contributed by atoms with Gasteiger partial charge in [-0.05, 0) is 26.1 Å². The van der Waals surface area contributed by atoms with Gasteiger partial charge in [-0.25, -0.2) is 8.78 Å². The Kier molecular flexibility index (Phi) is 3.40. The lowest BCUT2D eigenvalue weighted by Gasteiger charge is -2.33. The zero-order chi connectivity index (χ0) is 9.03. The Morgan fingerprint density at radius 3 is 2.50 bits per heavy atom. The Hall–Kier alpha value is -0.220. The molecule has 0 aromatic heterocycles. The highest BCUT2D eigenvalue weighted by molar-refractivity contribution is 4.78. The minimum Gasteiger partial charge on any atom is -0.311 e. The largest absolute Gasteiger partial charge is 0.311 e. The molecule has 0 aliphatic carbocycles. The lowest BCUT2D eigenvalue weighted by atomic mass is 10.2. The van der Waals surface area contributed by atoms with Crippen LogP contribution in [0.2, 0.25) is 0 Å². The molecule has 1 rings (SSSR count). The highest BCUT2D eigenvalue weighted by atomic mass is 19.3. The van der Waals surface area contributed by atoms with Gasteiger partial charge in [0.15, 0.2) is 0 Å². The van der Waals surface area contributed by atoms with Crippen LogP contribution in [0.1, 0.15) is 13.3 Å². The molecule has 1 aliphatic heterocycles. The predicted molar refractivity (Wildman–Crippen MR) is 44.5 cm³/mol. The minimum atomic E-state index is -2.56. The van der Waals surface area contributed by atoms with E-state index in [4.69, 9.17) is 0 Å². The van der Waals surface area contributed by atoms with Gasteiger partial charge in [0.05, 0.1) is 13.1 Å². The molecule has 0 radical (unpaired) electrons. The van der Waals surface area contributed by atoms with Gasteiger partial charge in [0.2, 0.25) is 0 Å². The van der Waals surface area contributed by atoms with Gasteiger partial charge < -0.3 is 5.32 Å². The van der Waals surface area contributed by atoms with Crippen LogP contribution in [0.25, 0.3) is 0 Å². The summed E-state index contributed by atoms with van der Waals surface area (Å²) in [6.45, 7) is 3.83. The maximum absolute atomic E-state index is 13.0. The van der Waals surface area contributed by atoms with E-state index in [-0.39, 0.29) is 13.1 Å². The Morgan fingerprint density at radius 2 is 2.08 bits per heavy atom. The van der Waals surface area contributed by atoms with E-state index in [1.165, 1.54) is 0 Å². The first kappa shape index (κ1) is 9.86. The molecule has 0 amide bonds. The molecule has 4 heteroatoms. The summed E-state index contributed by atoms with van der Waals surface area (Å²) in [6, 6.07) is 0. The predicted octanol–water partition coefficient (Wildman–Crippen LogP) is 0.937. The fourth-order valence-electron chi connectivity index (χ4n) is 1.23. The van der Waals surface area contributed by atoms with Gasteiger partial charge >= 0.3 is 0 Å². The normalized spacial score (nSPS) is 19.2. The van der Waals surface area contributed by atoms with Gasteiger partial charge in [0.1, 0.15) is 0 Å². The molecule has 1 heterocycles.